The number of benzene rings is 1. The van der Waals surface area contributed by atoms with E-state index < -0.39 is 10.0 Å². The lowest BCUT2D eigenvalue weighted by atomic mass is 10.00. The maximum absolute atomic E-state index is 13.7. The Morgan fingerprint density at radius 1 is 0.974 bits per heavy atom. The second-order valence-electron chi connectivity index (χ2n) is 11.4. The van der Waals surface area contributed by atoms with E-state index in [4.69, 9.17) is 0 Å². The van der Waals surface area contributed by atoms with Crippen molar-refractivity contribution in [2.24, 2.45) is 5.92 Å². The highest BCUT2D eigenvalue weighted by atomic mass is 32.2. The number of carbonyl (C=O) groups excluding carboxylic acids is 2. The minimum Gasteiger partial charge on any atom is -0.339 e. The maximum atomic E-state index is 13.7. The summed E-state index contributed by atoms with van der Waals surface area (Å²) in [4.78, 5) is 32.7. The zero-order valence-electron chi connectivity index (χ0n) is 23.2. The number of fused-ring (bicyclic) bond motifs is 1. The van der Waals surface area contributed by atoms with Gasteiger partial charge in [-0.2, -0.15) is 4.31 Å². The van der Waals surface area contributed by atoms with Crippen molar-refractivity contribution in [2.45, 2.75) is 76.8 Å². The van der Waals surface area contributed by atoms with Crippen molar-refractivity contribution in [1.29, 1.82) is 0 Å². The normalized spacial score (nSPS) is 19.7. The monoisotopic (exact) mass is 572 g/mol. The molecule has 3 aliphatic rings. The summed E-state index contributed by atoms with van der Waals surface area (Å²) < 4.78 is 27.7. The lowest BCUT2D eigenvalue weighted by molar-refractivity contribution is 0.0723. The number of nitrogens with zero attached hydrogens (tertiary/aromatic N) is 3. The predicted octanol–water partition coefficient (Wildman–Crippen LogP) is 4.81. The number of sulfonamides is 1. The molecule has 0 bridgehead atoms. The molecule has 5 rings (SSSR count). The van der Waals surface area contributed by atoms with Gasteiger partial charge in [0.1, 0.15) is 5.00 Å². The average molecular weight is 573 g/mol. The summed E-state index contributed by atoms with van der Waals surface area (Å²) in [5.74, 6) is 0.209. The molecule has 1 aromatic heterocycles. The van der Waals surface area contributed by atoms with Gasteiger partial charge >= 0.3 is 0 Å². The van der Waals surface area contributed by atoms with Gasteiger partial charge in [0.15, 0.2) is 0 Å². The van der Waals surface area contributed by atoms with Crippen molar-refractivity contribution >= 4 is 38.2 Å². The summed E-state index contributed by atoms with van der Waals surface area (Å²) >= 11 is 1.50. The first-order chi connectivity index (χ1) is 18.6. The smallest absolute Gasteiger partial charge is 0.257 e. The molecule has 0 radical (unpaired) electrons. The molecule has 0 saturated carbocycles. The van der Waals surface area contributed by atoms with Crippen molar-refractivity contribution in [3.05, 3.63) is 45.8 Å². The Hall–Kier alpha value is -2.27. The Balaban J connectivity index is 1.37. The number of rotatable bonds is 6. The van der Waals surface area contributed by atoms with Crippen LogP contribution in [0.4, 0.5) is 5.00 Å². The molecule has 0 aliphatic carbocycles. The third-order valence-corrected chi connectivity index (χ3v) is 11.4. The van der Waals surface area contributed by atoms with E-state index >= 15 is 0 Å². The summed E-state index contributed by atoms with van der Waals surface area (Å²) in [5.41, 5.74) is 2.08. The van der Waals surface area contributed by atoms with Crippen LogP contribution in [0.3, 0.4) is 0 Å². The van der Waals surface area contributed by atoms with E-state index in [0.29, 0.717) is 41.2 Å². The Morgan fingerprint density at radius 2 is 1.64 bits per heavy atom. The SMILES string of the molecule is CC1CCN(S(=O)(=O)c2ccc(C(=O)Nc3sc4c(c3C(=O)N3CCCCC3)CCN(C(C)C)C4)cc2)CC1. The number of piperidine rings is 2. The Bertz CT molecular complexity index is 1310. The molecule has 10 heteroatoms. The molecule has 2 fully saturated rings. The fourth-order valence-corrected chi connectivity index (χ4v) is 8.49. The number of hydrogen-bond acceptors (Lipinski definition) is 6. The summed E-state index contributed by atoms with van der Waals surface area (Å²) in [5, 5.41) is 3.63. The van der Waals surface area contributed by atoms with Gasteiger partial charge < -0.3 is 10.2 Å². The fourth-order valence-electron chi connectivity index (χ4n) is 5.76. The number of anilines is 1. The zero-order valence-corrected chi connectivity index (χ0v) is 24.9. The van der Waals surface area contributed by atoms with Crippen LogP contribution in [0.5, 0.6) is 0 Å². The molecule has 212 valence electrons. The van der Waals surface area contributed by atoms with Gasteiger partial charge in [0, 0.05) is 55.8 Å². The Kier molecular flexibility index (Phi) is 8.47. The largest absolute Gasteiger partial charge is 0.339 e. The number of thiophene rings is 1. The van der Waals surface area contributed by atoms with Gasteiger partial charge in [-0.15, -0.1) is 11.3 Å². The van der Waals surface area contributed by atoms with E-state index in [1.165, 1.54) is 27.8 Å². The van der Waals surface area contributed by atoms with Crippen LogP contribution in [0, 0.1) is 5.92 Å². The maximum Gasteiger partial charge on any atom is 0.257 e. The van der Waals surface area contributed by atoms with E-state index in [1.54, 1.807) is 12.1 Å². The Morgan fingerprint density at radius 3 is 2.28 bits per heavy atom. The van der Waals surface area contributed by atoms with Gasteiger partial charge in [-0.3, -0.25) is 14.5 Å². The van der Waals surface area contributed by atoms with Crippen LogP contribution < -0.4 is 5.32 Å². The number of amides is 2. The van der Waals surface area contributed by atoms with Crippen molar-refractivity contribution < 1.29 is 18.0 Å². The van der Waals surface area contributed by atoms with E-state index in [-0.39, 0.29) is 16.7 Å². The fraction of sp³-hybridized carbons (Fsp3) is 0.586. The third-order valence-electron chi connectivity index (χ3n) is 8.40. The summed E-state index contributed by atoms with van der Waals surface area (Å²) in [6.07, 6.45) is 5.66. The van der Waals surface area contributed by atoms with Gasteiger partial charge in [0.05, 0.1) is 10.5 Å². The average Bonchev–Trinajstić information content (AvgIpc) is 3.30. The highest BCUT2D eigenvalue weighted by Gasteiger charge is 2.32. The van der Waals surface area contributed by atoms with Gasteiger partial charge in [0.25, 0.3) is 11.8 Å². The molecule has 2 aromatic rings. The number of nitrogens with one attached hydrogen (secondary N) is 1. The van der Waals surface area contributed by atoms with Crippen LogP contribution in [0.15, 0.2) is 29.2 Å². The molecular formula is C29H40N4O4S2. The molecule has 0 atom stereocenters. The van der Waals surface area contributed by atoms with Crippen LogP contribution >= 0.6 is 11.3 Å². The van der Waals surface area contributed by atoms with Crippen LogP contribution in [0.1, 0.15) is 84.0 Å². The predicted molar refractivity (Wildman–Crippen MR) is 155 cm³/mol. The van der Waals surface area contributed by atoms with Crippen LogP contribution in [-0.4, -0.2) is 73.1 Å². The van der Waals surface area contributed by atoms with Crippen LogP contribution in [0.2, 0.25) is 0 Å². The number of carbonyl (C=O) groups is 2. The highest BCUT2D eigenvalue weighted by Crippen LogP contribution is 2.39. The quantitative estimate of drug-likeness (QED) is 0.537. The standard InChI is InChI=1S/C29H40N4O4S2/c1-20(2)32-16-13-24-25(19-32)38-28(26(24)29(35)31-14-5-4-6-15-31)30-27(34)22-7-9-23(10-8-22)39(36,37)33-17-11-21(3)12-18-33/h7-10,20-21H,4-6,11-19H2,1-3H3,(H,30,34). The number of likely N-dealkylation sites (tertiary alicyclic amines) is 1. The molecule has 8 nitrogen and oxygen atoms in total. The molecule has 3 aliphatic heterocycles. The van der Waals surface area contributed by atoms with Crippen molar-refractivity contribution in [2.75, 3.05) is 38.0 Å². The second kappa shape index (κ2) is 11.7. The van der Waals surface area contributed by atoms with Gasteiger partial charge in [-0.1, -0.05) is 6.92 Å². The first kappa shape index (κ1) is 28.3. The second-order valence-corrected chi connectivity index (χ2v) is 14.5. The van der Waals surface area contributed by atoms with E-state index in [0.717, 1.165) is 75.1 Å². The molecule has 1 N–H and O–H groups in total. The molecular weight excluding hydrogens is 532 g/mol. The summed E-state index contributed by atoms with van der Waals surface area (Å²) in [7, 11) is -3.58. The van der Waals surface area contributed by atoms with E-state index in [2.05, 4.69) is 31.0 Å². The van der Waals surface area contributed by atoms with Crippen molar-refractivity contribution in [3.8, 4) is 0 Å². The minimum absolute atomic E-state index is 0.0118. The minimum atomic E-state index is -3.58. The third kappa shape index (κ3) is 5.94. The molecule has 39 heavy (non-hydrogen) atoms. The van der Waals surface area contributed by atoms with E-state index in [9.17, 15) is 18.0 Å². The lowest BCUT2D eigenvalue weighted by Crippen LogP contribution is -2.38. The summed E-state index contributed by atoms with van der Waals surface area (Å²) in [6.45, 7) is 10.7. The van der Waals surface area contributed by atoms with E-state index in [1.807, 2.05) is 4.90 Å². The Labute approximate surface area is 236 Å². The van der Waals surface area contributed by atoms with Crippen molar-refractivity contribution in [3.63, 3.8) is 0 Å². The molecule has 1 aromatic carbocycles. The lowest BCUT2D eigenvalue weighted by Gasteiger charge is -2.31. The highest BCUT2D eigenvalue weighted by molar-refractivity contribution is 7.89. The number of hydrogen-bond donors (Lipinski definition) is 1. The molecule has 0 unspecified atom stereocenters. The first-order valence-electron chi connectivity index (χ1n) is 14.2. The van der Waals surface area contributed by atoms with Gasteiger partial charge in [0.2, 0.25) is 10.0 Å². The molecule has 0 spiro atoms. The van der Waals surface area contributed by atoms with Crippen LogP contribution in [0.25, 0.3) is 0 Å². The molecule has 2 saturated heterocycles. The summed E-state index contributed by atoms with van der Waals surface area (Å²) in [6, 6.07) is 6.57. The zero-order chi connectivity index (χ0) is 27.7. The van der Waals surface area contributed by atoms with Gasteiger partial charge in [-0.25, -0.2) is 8.42 Å². The molecule has 4 heterocycles. The molecule has 2 amide bonds. The van der Waals surface area contributed by atoms with Gasteiger partial charge in [-0.05, 0) is 88.1 Å². The first-order valence-corrected chi connectivity index (χ1v) is 16.5. The van der Waals surface area contributed by atoms with Crippen molar-refractivity contribution in [1.82, 2.24) is 14.1 Å². The topological polar surface area (TPSA) is 90.0 Å². The van der Waals surface area contributed by atoms with Crippen LogP contribution in [-0.2, 0) is 23.0 Å².